The van der Waals surface area contributed by atoms with Crippen molar-refractivity contribution >= 4 is 52.8 Å². The zero-order chi connectivity index (χ0) is 33.0. The fourth-order valence-corrected chi connectivity index (χ4v) is 8.54. The number of β-lactam (4-membered cyclic amide) rings is 1. The van der Waals surface area contributed by atoms with Crippen LogP contribution in [-0.2, 0) is 19.1 Å². The van der Waals surface area contributed by atoms with Gasteiger partial charge in [0.15, 0.2) is 10.4 Å². The molecule has 4 heterocycles. The summed E-state index contributed by atoms with van der Waals surface area (Å²) in [6.45, 7) is 5.29. The van der Waals surface area contributed by atoms with Crippen LogP contribution in [0.2, 0.25) is 0 Å². The molecule has 242 valence electrons. The Morgan fingerprint density at radius 2 is 1.68 bits per heavy atom. The number of aromatic nitrogens is 2. The van der Waals surface area contributed by atoms with Crippen molar-refractivity contribution < 1.29 is 23.9 Å². The van der Waals surface area contributed by atoms with Gasteiger partial charge >= 0.3 is 12.1 Å². The molecule has 2 aliphatic heterocycles. The second-order valence-electron chi connectivity index (χ2n) is 11.9. The van der Waals surface area contributed by atoms with E-state index in [-0.39, 0.29) is 11.6 Å². The lowest BCUT2D eigenvalue weighted by molar-refractivity contribution is -0.153. The Morgan fingerprint density at radius 3 is 2.32 bits per heavy atom. The lowest BCUT2D eigenvalue weighted by atomic mass is 10.00. The Kier molecular flexibility index (Phi) is 10.00. The molecule has 0 unspecified atom stereocenters. The molecular weight excluding hydrogens is 653 g/mol. The molecule has 0 radical (unpaired) electrons. The van der Waals surface area contributed by atoms with Gasteiger partial charge in [-0.15, -0.1) is 23.1 Å². The number of hydrogen-bond acceptors (Lipinski definition) is 10. The van der Waals surface area contributed by atoms with Gasteiger partial charge in [0.05, 0.1) is 5.69 Å². The maximum Gasteiger partial charge on any atom is 0.408 e. The number of carbonyl (C=O) groups excluding carboxylic acids is 3. The van der Waals surface area contributed by atoms with Crippen molar-refractivity contribution in [1.82, 2.24) is 20.2 Å². The van der Waals surface area contributed by atoms with Crippen LogP contribution in [0.4, 0.5) is 4.79 Å². The Hall–Kier alpha value is -4.13. The number of nitrogens with one attached hydrogen (secondary N) is 1. The number of esters is 1. The smallest absolute Gasteiger partial charge is 0.408 e. The molecule has 2 amide bonds. The minimum absolute atomic E-state index is 0.242. The van der Waals surface area contributed by atoms with Gasteiger partial charge in [0, 0.05) is 23.1 Å². The fourth-order valence-electron chi connectivity index (χ4n) is 5.26. The number of pyridine rings is 1. The highest BCUT2D eigenvalue weighted by molar-refractivity contribution is 8.01. The molecule has 0 saturated carbocycles. The molecule has 9 nitrogen and oxygen atoms in total. The number of carbonyl (C=O) groups is 3. The van der Waals surface area contributed by atoms with Crippen LogP contribution in [0.1, 0.15) is 44.4 Å². The van der Waals surface area contributed by atoms with E-state index in [1.807, 2.05) is 84.2 Å². The van der Waals surface area contributed by atoms with Crippen LogP contribution in [0, 0.1) is 0 Å². The molecule has 1 saturated heterocycles. The summed E-state index contributed by atoms with van der Waals surface area (Å²) in [5, 5.41) is 4.23. The number of ether oxygens (including phenoxy) is 2. The van der Waals surface area contributed by atoms with Crippen molar-refractivity contribution in [1.29, 1.82) is 0 Å². The zero-order valence-electron chi connectivity index (χ0n) is 26.1. The van der Waals surface area contributed by atoms with Crippen molar-refractivity contribution in [2.24, 2.45) is 0 Å². The van der Waals surface area contributed by atoms with E-state index < -0.39 is 35.2 Å². The number of amides is 2. The molecular formula is C35H34N4O5S3. The van der Waals surface area contributed by atoms with Gasteiger partial charge in [-0.2, -0.15) is 0 Å². The Bertz CT molecular complexity index is 1720. The average Bonchev–Trinajstić information content (AvgIpc) is 3.55. The minimum atomic E-state index is -0.812. The first-order valence-electron chi connectivity index (χ1n) is 15.1. The third kappa shape index (κ3) is 7.72. The summed E-state index contributed by atoms with van der Waals surface area (Å²) in [6, 6.07) is 24.0. The maximum absolute atomic E-state index is 14.2. The van der Waals surface area contributed by atoms with Gasteiger partial charge in [-0.1, -0.05) is 78.5 Å². The summed E-state index contributed by atoms with van der Waals surface area (Å²) in [5.74, 6) is 0.198. The molecule has 2 atom stereocenters. The van der Waals surface area contributed by atoms with Crippen molar-refractivity contribution in [3.63, 3.8) is 0 Å². The van der Waals surface area contributed by atoms with E-state index in [9.17, 15) is 14.4 Å². The standard InChI is InChI=1S/C35H34N4O5S3/c1-35(2,3)44-33(42)38-27-30(40)39-28(32(41)43-29(22-12-6-4-7-13-22)23-14-8-5-9-15-23)24(20-46-31(27)39)17-19-45-34-37-26(21-47-34)25-16-10-11-18-36-25/h4-16,18,21,27,29,31H,17,19-20H2,1-3H3,(H,38,42)/t27-,31-/m1/s1. The lowest BCUT2D eigenvalue weighted by Crippen LogP contribution is -2.70. The Balaban J connectivity index is 1.24. The van der Waals surface area contributed by atoms with Crippen molar-refractivity contribution in [2.75, 3.05) is 11.5 Å². The second kappa shape index (κ2) is 14.3. The van der Waals surface area contributed by atoms with Gasteiger partial charge < -0.3 is 14.8 Å². The van der Waals surface area contributed by atoms with E-state index in [2.05, 4.69) is 10.3 Å². The monoisotopic (exact) mass is 686 g/mol. The fraction of sp³-hybridized carbons (Fsp3) is 0.286. The number of thiazole rings is 1. The van der Waals surface area contributed by atoms with Gasteiger partial charge in [-0.3, -0.25) is 14.7 Å². The minimum Gasteiger partial charge on any atom is -0.448 e. The normalized spacial score (nSPS) is 17.6. The number of benzene rings is 2. The third-order valence-electron chi connectivity index (χ3n) is 7.38. The zero-order valence-corrected chi connectivity index (χ0v) is 28.6. The van der Waals surface area contributed by atoms with Gasteiger partial charge in [-0.05, 0) is 56.0 Å². The molecule has 0 spiro atoms. The molecule has 4 aromatic rings. The number of rotatable bonds is 10. The quantitative estimate of drug-likeness (QED) is 0.106. The number of thioether (sulfide) groups is 2. The Labute approximate surface area is 286 Å². The molecule has 0 aliphatic carbocycles. The summed E-state index contributed by atoms with van der Waals surface area (Å²) in [4.78, 5) is 50.9. The summed E-state index contributed by atoms with van der Waals surface area (Å²) in [7, 11) is 0. The largest absolute Gasteiger partial charge is 0.448 e. The van der Waals surface area contributed by atoms with E-state index >= 15 is 0 Å². The third-order valence-corrected chi connectivity index (χ3v) is 10.7. The first-order valence-corrected chi connectivity index (χ1v) is 18.1. The van der Waals surface area contributed by atoms with Gasteiger partial charge in [-0.25, -0.2) is 14.6 Å². The lowest BCUT2D eigenvalue weighted by Gasteiger charge is -2.49. The molecule has 2 aromatic heterocycles. The van der Waals surface area contributed by atoms with Gasteiger partial charge in [0.2, 0.25) is 0 Å². The number of fused-ring (bicyclic) bond motifs is 1. The van der Waals surface area contributed by atoms with E-state index in [4.69, 9.17) is 14.5 Å². The van der Waals surface area contributed by atoms with Crippen molar-refractivity contribution in [3.05, 3.63) is 113 Å². The van der Waals surface area contributed by atoms with Crippen LogP contribution in [0.3, 0.4) is 0 Å². The SMILES string of the molecule is CC(C)(C)OC(=O)N[C@@H]1C(=O)N2C(C(=O)OC(c3ccccc3)c3ccccc3)=C(CCSc3nc(-c4ccccn4)cs3)CS[C@H]12. The van der Waals surface area contributed by atoms with Crippen LogP contribution >= 0.6 is 34.9 Å². The molecule has 12 heteroatoms. The Morgan fingerprint density at radius 1 is 1.00 bits per heavy atom. The van der Waals surface area contributed by atoms with Crippen molar-refractivity contribution in [2.45, 2.75) is 54.7 Å². The highest BCUT2D eigenvalue weighted by Gasteiger charge is 2.55. The first kappa shape index (κ1) is 32.8. The number of alkyl carbamates (subject to hydrolysis) is 1. The molecule has 47 heavy (non-hydrogen) atoms. The predicted octanol–water partition coefficient (Wildman–Crippen LogP) is 7.08. The van der Waals surface area contributed by atoms with Gasteiger partial charge in [0.25, 0.3) is 5.91 Å². The molecule has 2 aromatic carbocycles. The summed E-state index contributed by atoms with van der Waals surface area (Å²) >= 11 is 4.65. The van der Waals surface area contributed by atoms with Crippen LogP contribution in [0.25, 0.3) is 11.4 Å². The molecule has 1 N–H and O–H groups in total. The molecule has 0 bridgehead atoms. The second-order valence-corrected chi connectivity index (χ2v) is 15.2. The van der Waals surface area contributed by atoms with Gasteiger partial charge in [0.1, 0.15) is 28.4 Å². The topological polar surface area (TPSA) is 111 Å². The molecule has 2 aliphatic rings. The number of hydrogen-bond donors (Lipinski definition) is 1. The summed E-state index contributed by atoms with van der Waals surface area (Å²) < 4.78 is 12.5. The van der Waals surface area contributed by atoms with Crippen LogP contribution < -0.4 is 5.32 Å². The first-order chi connectivity index (χ1) is 22.7. The highest BCUT2D eigenvalue weighted by Crippen LogP contribution is 2.43. The van der Waals surface area contributed by atoms with E-state index in [0.717, 1.165) is 32.4 Å². The summed E-state index contributed by atoms with van der Waals surface area (Å²) in [6.07, 6.45) is 0.942. The van der Waals surface area contributed by atoms with E-state index in [0.29, 0.717) is 17.9 Å². The predicted molar refractivity (Wildman–Crippen MR) is 185 cm³/mol. The summed E-state index contributed by atoms with van der Waals surface area (Å²) in [5.41, 5.74) is 3.61. The van der Waals surface area contributed by atoms with Crippen molar-refractivity contribution in [3.8, 4) is 11.4 Å². The molecule has 6 rings (SSSR count). The van der Waals surface area contributed by atoms with E-state index in [1.54, 1.807) is 50.1 Å². The van der Waals surface area contributed by atoms with Crippen LogP contribution in [-0.4, -0.2) is 61.4 Å². The van der Waals surface area contributed by atoms with Crippen LogP contribution in [0.5, 0.6) is 0 Å². The van der Waals surface area contributed by atoms with Crippen LogP contribution in [0.15, 0.2) is 106 Å². The maximum atomic E-state index is 14.2. The number of nitrogens with zero attached hydrogens (tertiary/aromatic N) is 3. The highest BCUT2D eigenvalue weighted by atomic mass is 32.2. The van der Waals surface area contributed by atoms with E-state index in [1.165, 1.54) is 16.7 Å². The average molecular weight is 687 g/mol. The molecule has 1 fully saturated rings.